The second-order valence-corrected chi connectivity index (χ2v) is 4.91. The molecule has 3 nitrogen and oxygen atoms in total. The van der Waals surface area contributed by atoms with Gasteiger partial charge < -0.3 is 4.90 Å². The summed E-state index contributed by atoms with van der Waals surface area (Å²) in [6.45, 7) is 0.916. The lowest BCUT2D eigenvalue weighted by Crippen LogP contribution is -2.22. The first-order valence-electron chi connectivity index (χ1n) is 6.68. The summed E-state index contributed by atoms with van der Waals surface area (Å²) in [7, 11) is 0. The lowest BCUT2D eigenvalue weighted by molar-refractivity contribution is 0.112. The number of pyridine rings is 1. The smallest absolute Gasteiger partial charge is 0.154 e. The molecule has 1 atom stereocenters. The van der Waals surface area contributed by atoms with Crippen molar-refractivity contribution in [3.63, 3.8) is 0 Å². The molecule has 1 fully saturated rings. The summed E-state index contributed by atoms with van der Waals surface area (Å²) >= 11 is 0. The summed E-state index contributed by atoms with van der Waals surface area (Å²) in [4.78, 5) is 17.6. The Kier molecular flexibility index (Phi) is 3.46. The van der Waals surface area contributed by atoms with Gasteiger partial charge in [0.1, 0.15) is 12.0 Å². The molecule has 0 spiro atoms. The lowest BCUT2D eigenvalue weighted by atomic mass is 10.0. The molecule has 0 saturated carbocycles. The average molecular weight is 270 g/mol. The largest absolute Gasteiger partial charge is 0.353 e. The second kappa shape index (κ2) is 5.41. The van der Waals surface area contributed by atoms with Gasteiger partial charge in [0.25, 0.3) is 0 Å². The van der Waals surface area contributed by atoms with Crippen LogP contribution in [0.15, 0.2) is 42.6 Å². The van der Waals surface area contributed by atoms with Gasteiger partial charge in [0.15, 0.2) is 6.29 Å². The maximum absolute atomic E-state index is 13.4. The second-order valence-electron chi connectivity index (χ2n) is 4.91. The van der Waals surface area contributed by atoms with Crippen LogP contribution in [0.3, 0.4) is 0 Å². The van der Waals surface area contributed by atoms with Crippen molar-refractivity contribution in [2.75, 3.05) is 18.0 Å². The van der Waals surface area contributed by atoms with Crippen LogP contribution in [0.1, 0.15) is 16.8 Å². The summed E-state index contributed by atoms with van der Waals surface area (Å²) in [6, 6.07) is 11.5. The number of hydrogen-bond acceptors (Lipinski definition) is 3. The van der Waals surface area contributed by atoms with Crippen molar-refractivity contribution in [1.82, 2.24) is 4.98 Å². The Morgan fingerprint density at radius 1 is 1.25 bits per heavy atom. The molecule has 0 aliphatic carbocycles. The number of benzene rings is 1. The fourth-order valence-corrected chi connectivity index (χ4v) is 2.61. The molecule has 0 amide bonds. The Morgan fingerprint density at radius 3 is 2.70 bits per heavy atom. The van der Waals surface area contributed by atoms with Crippen molar-refractivity contribution < 1.29 is 9.18 Å². The minimum atomic E-state index is -0.836. The van der Waals surface area contributed by atoms with Gasteiger partial charge in [-0.1, -0.05) is 30.3 Å². The third-order valence-corrected chi connectivity index (χ3v) is 3.60. The summed E-state index contributed by atoms with van der Waals surface area (Å²) in [6.07, 6.45) is 2.15. The fraction of sp³-hybridized carbons (Fsp3) is 0.250. The van der Waals surface area contributed by atoms with E-state index in [1.807, 2.05) is 41.3 Å². The number of aldehydes is 1. The Hall–Kier alpha value is -2.23. The van der Waals surface area contributed by atoms with Gasteiger partial charge in [0.05, 0.1) is 12.1 Å². The monoisotopic (exact) mass is 270 g/mol. The van der Waals surface area contributed by atoms with Crippen LogP contribution in [0.25, 0.3) is 11.1 Å². The van der Waals surface area contributed by atoms with Gasteiger partial charge in [-0.2, -0.15) is 0 Å². The van der Waals surface area contributed by atoms with Crippen molar-refractivity contribution in [3.8, 4) is 11.1 Å². The van der Waals surface area contributed by atoms with E-state index < -0.39 is 6.17 Å². The number of alkyl halides is 1. The van der Waals surface area contributed by atoms with Crippen LogP contribution in [-0.4, -0.2) is 30.5 Å². The highest BCUT2D eigenvalue weighted by Crippen LogP contribution is 2.30. The molecule has 0 unspecified atom stereocenters. The summed E-state index contributed by atoms with van der Waals surface area (Å²) < 4.78 is 13.4. The molecule has 1 aromatic heterocycles. The predicted molar refractivity (Wildman–Crippen MR) is 76.8 cm³/mol. The first-order chi connectivity index (χ1) is 9.79. The molecule has 102 valence electrons. The minimum Gasteiger partial charge on any atom is -0.353 e. The first kappa shape index (κ1) is 12.8. The van der Waals surface area contributed by atoms with Gasteiger partial charge in [-0.3, -0.25) is 4.79 Å². The van der Waals surface area contributed by atoms with Gasteiger partial charge in [0.2, 0.25) is 0 Å². The number of nitrogens with zero attached hydrogens (tertiary/aromatic N) is 2. The topological polar surface area (TPSA) is 33.2 Å². The zero-order valence-corrected chi connectivity index (χ0v) is 11.0. The van der Waals surface area contributed by atoms with Crippen molar-refractivity contribution in [2.45, 2.75) is 12.6 Å². The number of aromatic nitrogens is 1. The van der Waals surface area contributed by atoms with Gasteiger partial charge in [-0.05, 0) is 23.6 Å². The van der Waals surface area contributed by atoms with E-state index in [0.717, 1.165) is 17.4 Å². The molecule has 1 aliphatic rings. The van der Waals surface area contributed by atoms with Crippen LogP contribution in [0, 0.1) is 0 Å². The maximum Gasteiger partial charge on any atom is 0.154 e. The molecule has 1 aliphatic heterocycles. The Labute approximate surface area is 117 Å². The highest BCUT2D eigenvalue weighted by molar-refractivity contribution is 5.93. The van der Waals surface area contributed by atoms with E-state index in [-0.39, 0.29) is 0 Å². The summed E-state index contributed by atoms with van der Waals surface area (Å²) in [5.74, 6) is 0.585. The van der Waals surface area contributed by atoms with Crippen LogP contribution in [0.4, 0.5) is 10.2 Å². The Balaban J connectivity index is 2.06. The molecule has 3 rings (SSSR count). The number of hydrogen-bond donors (Lipinski definition) is 0. The summed E-state index contributed by atoms with van der Waals surface area (Å²) in [5, 5.41) is 0. The molecule has 2 heterocycles. The van der Waals surface area contributed by atoms with Gasteiger partial charge >= 0.3 is 0 Å². The van der Waals surface area contributed by atoms with E-state index in [2.05, 4.69) is 4.98 Å². The number of halogens is 1. The van der Waals surface area contributed by atoms with Crippen LogP contribution in [0.2, 0.25) is 0 Å². The van der Waals surface area contributed by atoms with E-state index in [9.17, 15) is 9.18 Å². The number of rotatable bonds is 3. The average Bonchev–Trinajstić information content (AvgIpc) is 2.93. The van der Waals surface area contributed by atoms with Crippen molar-refractivity contribution in [3.05, 3.63) is 48.2 Å². The molecular formula is C16H15FN2O. The number of carbonyl (C=O) groups excluding carboxylic acids is 1. The third kappa shape index (κ3) is 2.29. The molecular weight excluding hydrogens is 255 g/mol. The highest BCUT2D eigenvalue weighted by Gasteiger charge is 2.25. The SMILES string of the molecule is O=Cc1c(-c2ccccc2)ccnc1N1CC[C@H](F)C1. The minimum absolute atomic E-state index is 0.312. The van der Waals surface area contributed by atoms with Crippen LogP contribution < -0.4 is 4.90 Å². The molecule has 2 aromatic rings. The third-order valence-electron chi connectivity index (χ3n) is 3.60. The maximum atomic E-state index is 13.4. The van der Waals surface area contributed by atoms with E-state index in [4.69, 9.17) is 0 Å². The standard InChI is InChI=1S/C16H15FN2O/c17-13-7-9-19(10-13)16-15(11-20)14(6-8-18-16)12-4-2-1-3-5-12/h1-6,8,11,13H,7,9-10H2/t13-/m0/s1. The predicted octanol–water partition coefficient (Wildman–Crippen LogP) is 3.11. The van der Waals surface area contributed by atoms with Gasteiger partial charge in [-0.25, -0.2) is 9.37 Å². The molecule has 20 heavy (non-hydrogen) atoms. The fourth-order valence-electron chi connectivity index (χ4n) is 2.61. The highest BCUT2D eigenvalue weighted by atomic mass is 19.1. The Bertz CT molecular complexity index is 615. The van der Waals surface area contributed by atoms with E-state index >= 15 is 0 Å². The lowest BCUT2D eigenvalue weighted by Gasteiger charge is -2.19. The Morgan fingerprint density at radius 2 is 2.05 bits per heavy atom. The zero-order valence-electron chi connectivity index (χ0n) is 11.0. The normalized spacial score (nSPS) is 18.2. The molecule has 0 N–H and O–H groups in total. The summed E-state index contributed by atoms with van der Waals surface area (Å²) in [5.41, 5.74) is 2.34. The number of anilines is 1. The zero-order chi connectivity index (χ0) is 13.9. The number of carbonyl (C=O) groups is 1. The van der Waals surface area contributed by atoms with E-state index in [0.29, 0.717) is 30.9 Å². The molecule has 0 bridgehead atoms. The van der Waals surface area contributed by atoms with E-state index in [1.165, 1.54) is 0 Å². The first-order valence-corrected chi connectivity index (χ1v) is 6.68. The van der Waals surface area contributed by atoms with Crippen molar-refractivity contribution >= 4 is 12.1 Å². The van der Waals surface area contributed by atoms with Crippen LogP contribution >= 0.6 is 0 Å². The molecule has 4 heteroatoms. The van der Waals surface area contributed by atoms with Crippen LogP contribution in [0.5, 0.6) is 0 Å². The quantitative estimate of drug-likeness (QED) is 0.803. The molecule has 1 aromatic carbocycles. The molecule has 1 saturated heterocycles. The van der Waals surface area contributed by atoms with Gasteiger partial charge in [-0.15, -0.1) is 0 Å². The molecule has 0 radical (unpaired) electrons. The van der Waals surface area contributed by atoms with Crippen molar-refractivity contribution in [2.24, 2.45) is 0 Å². The van der Waals surface area contributed by atoms with E-state index in [1.54, 1.807) is 6.20 Å². The van der Waals surface area contributed by atoms with Crippen LogP contribution in [-0.2, 0) is 0 Å². The van der Waals surface area contributed by atoms with Gasteiger partial charge in [0, 0.05) is 12.7 Å². The van der Waals surface area contributed by atoms with Crippen molar-refractivity contribution in [1.29, 1.82) is 0 Å².